The maximum Gasteiger partial charge on any atom is 0.315 e. The molecule has 1 fully saturated rings. The maximum absolute atomic E-state index is 12.0. The van der Waals surface area contributed by atoms with Crippen LogP contribution in [0.1, 0.15) is 44.2 Å². The molecule has 1 unspecified atom stereocenters. The van der Waals surface area contributed by atoms with E-state index in [4.69, 9.17) is 0 Å². The molecule has 1 aliphatic carbocycles. The number of benzene rings is 2. The fourth-order valence-electron chi connectivity index (χ4n) is 3.17. The normalized spacial score (nSPS) is 16.0. The van der Waals surface area contributed by atoms with Gasteiger partial charge in [-0.05, 0) is 36.5 Å². The van der Waals surface area contributed by atoms with Gasteiger partial charge >= 0.3 is 6.03 Å². The smallest absolute Gasteiger partial charge is 0.315 e. The largest absolute Gasteiger partial charge is 0.335 e. The van der Waals surface area contributed by atoms with E-state index in [0.29, 0.717) is 6.04 Å². The fraction of sp³-hybridized carbons (Fsp3) is 0.350. The third-order valence-corrected chi connectivity index (χ3v) is 4.56. The van der Waals surface area contributed by atoms with Gasteiger partial charge in [0.05, 0.1) is 6.04 Å². The highest BCUT2D eigenvalue weighted by molar-refractivity contribution is 5.74. The van der Waals surface area contributed by atoms with E-state index in [-0.39, 0.29) is 12.1 Å². The van der Waals surface area contributed by atoms with Crippen molar-refractivity contribution in [2.24, 2.45) is 0 Å². The third kappa shape index (κ3) is 4.13. The first-order chi connectivity index (χ1) is 11.2. The van der Waals surface area contributed by atoms with E-state index in [0.717, 1.165) is 18.4 Å². The van der Waals surface area contributed by atoms with E-state index in [1.54, 1.807) is 0 Å². The molecule has 3 heteroatoms. The number of amides is 2. The quantitative estimate of drug-likeness (QED) is 0.847. The first-order valence-corrected chi connectivity index (χ1v) is 8.45. The van der Waals surface area contributed by atoms with E-state index < -0.39 is 0 Å². The highest BCUT2D eigenvalue weighted by Crippen LogP contribution is 2.22. The number of rotatable bonds is 4. The van der Waals surface area contributed by atoms with Crippen molar-refractivity contribution in [3.63, 3.8) is 0 Å². The molecule has 1 aliphatic rings. The second-order valence-electron chi connectivity index (χ2n) is 6.31. The van der Waals surface area contributed by atoms with Gasteiger partial charge in [0.25, 0.3) is 0 Å². The van der Waals surface area contributed by atoms with Crippen LogP contribution in [-0.4, -0.2) is 12.1 Å². The molecule has 0 aromatic heterocycles. The Morgan fingerprint density at radius 1 is 0.957 bits per heavy atom. The number of hydrogen-bond donors (Lipinski definition) is 2. The summed E-state index contributed by atoms with van der Waals surface area (Å²) in [7, 11) is 0. The summed E-state index contributed by atoms with van der Waals surface area (Å²) in [4.78, 5) is 12.0. The number of urea groups is 1. The molecule has 3 rings (SSSR count). The van der Waals surface area contributed by atoms with Gasteiger partial charge in [-0.25, -0.2) is 4.79 Å². The summed E-state index contributed by atoms with van der Waals surface area (Å²) < 4.78 is 0. The summed E-state index contributed by atoms with van der Waals surface area (Å²) in [6.07, 6.45) is 4.66. The summed E-state index contributed by atoms with van der Waals surface area (Å²) in [6.45, 7) is 2.02. The Labute approximate surface area is 138 Å². The topological polar surface area (TPSA) is 41.1 Å². The molecule has 2 N–H and O–H groups in total. The number of hydrogen-bond acceptors (Lipinski definition) is 1. The van der Waals surface area contributed by atoms with Crippen molar-refractivity contribution in [1.82, 2.24) is 10.6 Å². The monoisotopic (exact) mass is 308 g/mol. The second kappa shape index (κ2) is 7.32. The second-order valence-corrected chi connectivity index (χ2v) is 6.31. The minimum Gasteiger partial charge on any atom is -0.335 e. The van der Waals surface area contributed by atoms with E-state index in [1.807, 2.05) is 25.1 Å². The zero-order chi connectivity index (χ0) is 16.1. The summed E-state index contributed by atoms with van der Waals surface area (Å²) in [5.74, 6) is 0. The van der Waals surface area contributed by atoms with E-state index in [1.165, 1.54) is 24.0 Å². The van der Waals surface area contributed by atoms with Crippen LogP contribution in [0.4, 0.5) is 4.79 Å². The average molecular weight is 308 g/mol. The molecule has 0 heterocycles. The molecule has 2 amide bonds. The van der Waals surface area contributed by atoms with Crippen molar-refractivity contribution < 1.29 is 4.79 Å². The third-order valence-electron chi connectivity index (χ3n) is 4.56. The van der Waals surface area contributed by atoms with Crippen molar-refractivity contribution in [3.05, 3.63) is 60.2 Å². The highest BCUT2D eigenvalue weighted by atomic mass is 16.2. The predicted octanol–water partition coefficient (Wildman–Crippen LogP) is 4.66. The Kier molecular flexibility index (Phi) is 4.96. The Bertz CT molecular complexity index is 630. The number of carbonyl (C=O) groups is 1. The highest BCUT2D eigenvalue weighted by Gasteiger charge is 2.18. The predicted molar refractivity (Wildman–Crippen MR) is 94.2 cm³/mol. The Hall–Kier alpha value is -2.29. The molecule has 1 saturated carbocycles. The van der Waals surface area contributed by atoms with Gasteiger partial charge in [0, 0.05) is 6.04 Å². The lowest BCUT2D eigenvalue weighted by atomic mass is 10.0. The first-order valence-electron chi connectivity index (χ1n) is 8.45. The fourth-order valence-corrected chi connectivity index (χ4v) is 3.17. The van der Waals surface area contributed by atoms with Gasteiger partial charge in [0.1, 0.15) is 0 Å². The SMILES string of the molecule is CC(NC(=O)NC1CCCC1)c1ccc(-c2ccccc2)cc1. The molecule has 0 saturated heterocycles. The molecule has 1 atom stereocenters. The zero-order valence-corrected chi connectivity index (χ0v) is 13.6. The van der Waals surface area contributed by atoms with Crippen LogP contribution in [0.2, 0.25) is 0 Å². The van der Waals surface area contributed by atoms with Gasteiger partial charge in [-0.3, -0.25) is 0 Å². The van der Waals surface area contributed by atoms with Gasteiger partial charge in [0.2, 0.25) is 0 Å². The Morgan fingerprint density at radius 2 is 1.57 bits per heavy atom. The summed E-state index contributed by atoms with van der Waals surface area (Å²) in [5.41, 5.74) is 3.52. The molecule has 0 aliphatic heterocycles. The van der Waals surface area contributed by atoms with Crippen LogP contribution in [-0.2, 0) is 0 Å². The molecule has 2 aromatic rings. The van der Waals surface area contributed by atoms with Crippen molar-refractivity contribution >= 4 is 6.03 Å². The van der Waals surface area contributed by atoms with Gasteiger partial charge in [-0.15, -0.1) is 0 Å². The van der Waals surface area contributed by atoms with Crippen molar-refractivity contribution in [3.8, 4) is 11.1 Å². The Morgan fingerprint density at radius 3 is 2.22 bits per heavy atom. The van der Waals surface area contributed by atoms with Crippen LogP contribution < -0.4 is 10.6 Å². The molecule has 23 heavy (non-hydrogen) atoms. The van der Waals surface area contributed by atoms with Gasteiger partial charge in [-0.2, -0.15) is 0 Å². The number of carbonyl (C=O) groups excluding carboxylic acids is 1. The lowest BCUT2D eigenvalue weighted by molar-refractivity contribution is 0.234. The minimum absolute atomic E-state index is 0.00114. The molecule has 0 radical (unpaired) electrons. The van der Waals surface area contributed by atoms with Crippen LogP contribution in [0, 0.1) is 0 Å². The van der Waals surface area contributed by atoms with E-state index in [2.05, 4.69) is 47.0 Å². The van der Waals surface area contributed by atoms with E-state index >= 15 is 0 Å². The summed E-state index contributed by atoms with van der Waals surface area (Å²) >= 11 is 0. The van der Waals surface area contributed by atoms with Gasteiger partial charge in [0.15, 0.2) is 0 Å². The van der Waals surface area contributed by atoms with Crippen molar-refractivity contribution in [2.45, 2.75) is 44.7 Å². The van der Waals surface area contributed by atoms with Crippen molar-refractivity contribution in [2.75, 3.05) is 0 Å². The molecule has 0 spiro atoms. The summed E-state index contributed by atoms with van der Waals surface area (Å²) in [5, 5.41) is 6.10. The molecule has 3 nitrogen and oxygen atoms in total. The zero-order valence-electron chi connectivity index (χ0n) is 13.6. The first kappa shape index (κ1) is 15.6. The molecule has 120 valence electrons. The van der Waals surface area contributed by atoms with Crippen LogP contribution in [0.5, 0.6) is 0 Å². The molecule has 2 aromatic carbocycles. The minimum atomic E-state index is -0.0588. The standard InChI is InChI=1S/C20H24N2O/c1-15(21-20(23)22-19-9-5-6-10-19)16-11-13-18(14-12-16)17-7-3-2-4-8-17/h2-4,7-8,11-15,19H,5-6,9-10H2,1H3,(H2,21,22,23). The molecular weight excluding hydrogens is 284 g/mol. The van der Waals surface area contributed by atoms with Crippen molar-refractivity contribution in [1.29, 1.82) is 0 Å². The number of nitrogens with one attached hydrogen (secondary N) is 2. The summed E-state index contributed by atoms with van der Waals surface area (Å²) in [6, 6.07) is 19.0. The maximum atomic E-state index is 12.0. The lowest BCUT2D eigenvalue weighted by Crippen LogP contribution is -2.41. The average Bonchev–Trinajstić information content (AvgIpc) is 3.08. The lowest BCUT2D eigenvalue weighted by Gasteiger charge is -2.18. The van der Waals surface area contributed by atoms with Crippen LogP contribution in [0.15, 0.2) is 54.6 Å². The van der Waals surface area contributed by atoms with Crippen LogP contribution >= 0.6 is 0 Å². The van der Waals surface area contributed by atoms with E-state index in [9.17, 15) is 4.79 Å². The molecule has 0 bridgehead atoms. The molecular formula is C20H24N2O. The van der Waals surface area contributed by atoms with Crippen LogP contribution in [0.3, 0.4) is 0 Å². The van der Waals surface area contributed by atoms with Crippen LogP contribution in [0.25, 0.3) is 11.1 Å². The van der Waals surface area contributed by atoms with Gasteiger partial charge in [-0.1, -0.05) is 67.4 Å². The van der Waals surface area contributed by atoms with Gasteiger partial charge < -0.3 is 10.6 Å². The Balaban J connectivity index is 1.59.